The maximum absolute atomic E-state index is 12.2. The summed E-state index contributed by atoms with van der Waals surface area (Å²) in [5, 5.41) is 0. The Balaban J connectivity index is 0.00000180. The first-order valence-electron chi connectivity index (χ1n) is 6.81. The van der Waals surface area contributed by atoms with Crippen LogP contribution in [0, 0.1) is 5.92 Å². The molecular formula is C15H23ClN2O. The first-order valence-corrected chi connectivity index (χ1v) is 6.81. The summed E-state index contributed by atoms with van der Waals surface area (Å²) in [7, 11) is 0. The first-order chi connectivity index (χ1) is 8.79. The highest BCUT2D eigenvalue weighted by atomic mass is 35.5. The Hall–Kier alpha value is -1.06. The van der Waals surface area contributed by atoms with Crippen LogP contribution in [0.3, 0.4) is 0 Å². The monoisotopic (exact) mass is 282 g/mol. The van der Waals surface area contributed by atoms with Gasteiger partial charge in [-0.2, -0.15) is 0 Å². The molecule has 1 aliphatic heterocycles. The molecule has 1 atom stereocenters. The van der Waals surface area contributed by atoms with Crippen molar-refractivity contribution in [3.63, 3.8) is 0 Å². The van der Waals surface area contributed by atoms with Gasteiger partial charge in [-0.05, 0) is 37.3 Å². The number of nitrogens with two attached hydrogens (primary N) is 1. The minimum Gasteiger partial charge on any atom is -0.342 e. The first kappa shape index (κ1) is 16.0. The molecule has 4 heteroatoms. The minimum absolute atomic E-state index is 0. The van der Waals surface area contributed by atoms with Gasteiger partial charge < -0.3 is 10.6 Å². The number of hydrogen-bond acceptors (Lipinski definition) is 2. The highest BCUT2D eigenvalue weighted by molar-refractivity contribution is 5.85. The standard InChI is InChI=1S/C15H22N2O.ClH/c16-9-8-14-7-4-10-17(12-14)15(18)11-13-5-2-1-3-6-13;/h1-3,5-6,14H,4,7-12,16H2;1H. The Kier molecular flexibility index (Phi) is 6.89. The normalized spacial score (nSPS) is 18.8. The van der Waals surface area contributed by atoms with E-state index in [1.54, 1.807) is 0 Å². The Bertz CT molecular complexity index is 381. The molecule has 1 aliphatic rings. The molecule has 0 bridgehead atoms. The van der Waals surface area contributed by atoms with Crippen LogP contribution in [0.15, 0.2) is 30.3 Å². The average molecular weight is 283 g/mol. The molecule has 0 saturated carbocycles. The van der Waals surface area contributed by atoms with Crippen LogP contribution >= 0.6 is 12.4 Å². The summed E-state index contributed by atoms with van der Waals surface area (Å²) in [6, 6.07) is 9.97. The Morgan fingerprint density at radius 3 is 2.74 bits per heavy atom. The highest BCUT2D eigenvalue weighted by Gasteiger charge is 2.22. The number of likely N-dealkylation sites (tertiary alicyclic amines) is 1. The molecule has 1 amide bonds. The number of nitrogens with zero attached hydrogens (tertiary/aromatic N) is 1. The van der Waals surface area contributed by atoms with Gasteiger partial charge in [0.1, 0.15) is 0 Å². The van der Waals surface area contributed by atoms with Crippen LogP contribution in [0.1, 0.15) is 24.8 Å². The molecule has 3 nitrogen and oxygen atoms in total. The molecule has 19 heavy (non-hydrogen) atoms. The maximum Gasteiger partial charge on any atom is 0.226 e. The number of halogens is 1. The van der Waals surface area contributed by atoms with Crippen LogP contribution in [-0.4, -0.2) is 30.4 Å². The number of piperidine rings is 1. The maximum atomic E-state index is 12.2. The number of amides is 1. The predicted molar refractivity (Wildman–Crippen MR) is 80.4 cm³/mol. The van der Waals surface area contributed by atoms with Crippen LogP contribution in [0.25, 0.3) is 0 Å². The van der Waals surface area contributed by atoms with Gasteiger partial charge in [-0.25, -0.2) is 0 Å². The molecule has 0 aliphatic carbocycles. The third kappa shape index (κ3) is 4.84. The molecule has 0 radical (unpaired) electrons. The third-order valence-corrected chi connectivity index (χ3v) is 3.64. The number of rotatable bonds is 4. The molecular weight excluding hydrogens is 260 g/mol. The topological polar surface area (TPSA) is 46.3 Å². The van der Waals surface area contributed by atoms with E-state index in [0.717, 1.165) is 38.0 Å². The quantitative estimate of drug-likeness (QED) is 0.921. The lowest BCUT2D eigenvalue weighted by molar-refractivity contribution is -0.132. The molecule has 1 unspecified atom stereocenters. The minimum atomic E-state index is 0. The van der Waals surface area contributed by atoms with Gasteiger partial charge in [-0.3, -0.25) is 4.79 Å². The van der Waals surface area contributed by atoms with E-state index in [1.165, 1.54) is 6.42 Å². The zero-order chi connectivity index (χ0) is 12.8. The fourth-order valence-electron chi connectivity index (χ4n) is 2.65. The molecule has 2 rings (SSSR count). The Morgan fingerprint density at radius 2 is 2.05 bits per heavy atom. The fraction of sp³-hybridized carbons (Fsp3) is 0.533. The van der Waals surface area contributed by atoms with E-state index < -0.39 is 0 Å². The van der Waals surface area contributed by atoms with E-state index in [1.807, 2.05) is 35.2 Å². The molecule has 1 heterocycles. The molecule has 0 aromatic heterocycles. The molecule has 2 N–H and O–H groups in total. The molecule has 1 saturated heterocycles. The third-order valence-electron chi connectivity index (χ3n) is 3.64. The van der Waals surface area contributed by atoms with Crippen LogP contribution in [-0.2, 0) is 11.2 Å². The van der Waals surface area contributed by atoms with Crippen molar-refractivity contribution in [2.24, 2.45) is 11.7 Å². The van der Waals surface area contributed by atoms with Crippen LogP contribution in [0.4, 0.5) is 0 Å². The SMILES string of the molecule is Cl.NCCC1CCCN(C(=O)Cc2ccccc2)C1. The second-order valence-electron chi connectivity index (χ2n) is 5.09. The second kappa shape index (κ2) is 8.18. The van der Waals surface area contributed by atoms with Crippen molar-refractivity contribution in [1.29, 1.82) is 0 Å². The van der Waals surface area contributed by atoms with E-state index in [-0.39, 0.29) is 18.3 Å². The summed E-state index contributed by atoms with van der Waals surface area (Å²) in [5.74, 6) is 0.853. The van der Waals surface area contributed by atoms with Gasteiger partial charge in [-0.1, -0.05) is 30.3 Å². The van der Waals surface area contributed by atoms with E-state index >= 15 is 0 Å². The second-order valence-corrected chi connectivity index (χ2v) is 5.09. The summed E-state index contributed by atoms with van der Waals surface area (Å²) < 4.78 is 0. The number of carbonyl (C=O) groups excluding carboxylic acids is 1. The van der Waals surface area contributed by atoms with Gasteiger partial charge >= 0.3 is 0 Å². The summed E-state index contributed by atoms with van der Waals surface area (Å²) >= 11 is 0. The fourth-order valence-corrected chi connectivity index (χ4v) is 2.65. The summed E-state index contributed by atoms with van der Waals surface area (Å²) in [5.41, 5.74) is 6.70. The predicted octanol–water partition coefficient (Wildman–Crippen LogP) is 2.24. The van der Waals surface area contributed by atoms with Crippen molar-refractivity contribution in [2.45, 2.75) is 25.7 Å². The lowest BCUT2D eigenvalue weighted by atomic mass is 9.94. The lowest BCUT2D eigenvalue weighted by Gasteiger charge is -2.32. The lowest BCUT2D eigenvalue weighted by Crippen LogP contribution is -2.41. The average Bonchev–Trinajstić information content (AvgIpc) is 2.40. The summed E-state index contributed by atoms with van der Waals surface area (Å²) in [6.45, 7) is 2.53. The van der Waals surface area contributed by atoms with Crippen LogP contribution in [0.5, 0.6) is 0 Å². The smallest absolute Gasteiger partial charge is 0.226 e. The molecule has 106 valence electrons. The Morgan fingerprint density at radius 1 is 1.32 bits per heavy atom. The number of carbonyl (C=O) groups is 1. The molecule has 1 aromatic rings. The highest BCUT2D eigenvalue weighted by Crippen LogP contribution is 2.19. The molecule has 1 fully saturated rings. The van der Waals surface area contributed by atoms with E-state index in [2.05, 4.69) is 0 Å². The van der Waals surface area contributed by atoms with E-state index in [4.69, 9.17) is 5.73 Å². The van der Waals surface area contributed by atoms with E-state index in [9.17, 15) is 4.79 Å². The largest absolute Gasteiger partial charge is 0.342 e. The van der Waals surface area contributed by atoms with Gasteiger partial charge in [0.05, 0.1) is 6.42 Å². The van der Waals surface area contributed by atoms with Crippen LogP contribution < -0.4 is 5.73 Å². The van der Waals surface area contributed by atoms with Crippen molar-refractivity contribution >= 4 is 18.3 Å². The van der Waals surface area contributed by atoms with Crippen molar-refractivity contribution in [3.05, 3.63) is 35.9 Å². The van der Waals surface area contributed by atoms with Crippen molar-refractivity contribution in [2.75, 3.05) is 19.6 Å². The van der Waals surface area contributed by atoms with Crippen LogP contribution in [0.2, 0.25) is 0 Å². The van der Waals surface area contributed by atoms with Crippen molar-refractivity contribution < 1.29 is 4.79 Å². The van der Waals surface area contributed by atoms with Gasteiger partial charge in [0, 0.05) is 13.1 Å². The van der Waals surface area contributed by atoms with Gasteiger partial charge in [-0.15, -0.1) is 12.4 Å². The van der Waals surface area contributed by atoms with Crippen molar-refractivity contribution in [3.8, 4) is 0 Å². The van der Waals surface area contributed by atoms with Gasteiger partial charge in [0.2, 0.25) is 5.91 Å². The van der Waals surface area contributed by atoms with Gasteiger partial charge in [0.15, 0.2) is 0 Å². The molecule has 1 aromatic carbocycles. The molecule has 0 spiro atoms. The van der Waals surface area contributed by atoms with E-state index in [0.29, 0.717) is 12.3 Å². The zero-order valence-corrected chi connectivity index (χ0v) is 12.1. The number of hydrogen-bond donors (Lipinski definition) is 1. The number of benzene rings is 1. The summed E-state index contributed by atoms with van der Waals surface area (Å²) in [6.07, 6.45) is 3.89. The zero-order valence-electron chi connectivity index (χ0n) is 11.3. The summed E-state index contributed by atoms with van der Waals surface area (Å²) in [4.78, 5) is 14.2. The van der Waals surface area contributed by atoms with Gasteiger partial charge in [0.25, 0.3) is 0 Å². The van der Waals surface area contributed by atoms with Crippen molar-refractivity contribution in [1.82, 2.24) is 4.90 Å². The Labute approximate surface area is 121 Å².